The van der Waals surface area contributed by atoms with E-state index in [1.807, 2.05) is 4.90 Å². The van der Waals surface area contributed by atoms with Crippen LogP contribution < -0.4 is 15.8 Å². The summed E-state index contributed by atoms with van der Waals surface area (Å²) in [5, 5.41) is 20.2. The van der Waals surface area contributed by atoms with E-state index in [1.54, 1.807) is 18.3 Å². The van der Waals surface area contributed by atoms with Gasteiger partial charge in [-0.15, -0.1) is 0 Å². The first-order chi connectivity index (χ1) is 16.0. The molecule has 0 aliphatic carbocycles. The van der Waals surface area contributed by atoms with Gasteiger partial charge in [0.05, 0.1) is 31.6 Å². The first kappa shape index (κ1) is 20.8. The van der Waals surface area contributed by atoms with E-state index in [2.05, 4.69) is 25.5 Å². The van der Waals surface area contributed by atoms with Gasteiger partial charge in [-0.3, -0.25) is 9.59 Å². The number of fused-ring (bicyclic) bond motifs is 1. The van der Waals surface area contributed by atoms with Gasteiger partial charge in [-0.25, -0.2) is 18.6 Å². The zero-order chi connectivity index (χ0) is 22.9. The van der Waals surface area contributed by atoms with E-state index < -0.39 is 11.7 Å². The summed E-state index contributed by atoms with van der Waals surface area (Å²) in [7, 11) is 0. The summed E-state index contributed by atoms with van der Waals surface area (Å²) in [6.07, 6.45) is 7.18. The van der Waals surface area contributed by atoms with Crippen LogP contribution in [0.4, 0.5) is 16.0 Å². The topological polar surface area (TPSA) is 133 Å². The van der Waals surface area contributed by atoms with Gasteiger partial charge >= 0.3 is 0 Å². The molecule has 0 aromatic carbocycles. The summed E-state index contributed by atoms with van der Waals surface area (Å²) in [5.41, 5.74) is 0.612. The molecule has 33 heavy (non-hydrogen) atoms. The van der Waals surface area contributed by atoms with Gasteiger partial charge in [0, 0.05) is 30.6 Å². The largest absolute Gasteiger partial charge is 0.394 e. The van der Waals surface area contributed by atoms with E-state index in [9.17, 15) is 14.0 Å². The van der Waals surface area contributed by atoms with Gasteiger partial charge in [0.2, 0.25) is 0 Å². The highest BCUT2D eigenvalue weighted by Gasteiger charge is 2.30. The summed E-state index contributed by atoms with van der Waals surface area (Å²) < 4.78 is 16.8. The SMILES string of the molecule is O=C(Nc1ccnn1CCO)c1cnn2ccc(N3CCCC3c3cc(F)c[nH]c3=O)nc12. The molecule has 1 saturated heterocycles. The number of H-pyrrole nitrogens is 1. The molecule has 1 amide bonds. The monoisotopic (exact) mass is 452 g/mol. The number of carbonyl (C=O) groups is 1. The maximum Gasteiger partial charge on any atom is 0.262 e. The Morgan fingerprint density at radius 1 is 1.33 bits per heavy atom. The molecule has 5 heterocycles. The third kappa shape index (κ3) is 3.84. The van der Waals surface area contributed by atoms with Crippen molar-refractivity contribution < 1.29 is 14.3 Å². The normalized spacial score (nSPS) is 15.9. The van der Waals surface area contributed by atoms with Gasteiger partial charge in [0.25, 0.3) is 11.5 Å². The number of halogens is 1. The lowest BCUT2D eigenvalue weighted by atomic mass is 10.1. The number of aromatic amines is 1. The van der Waals surface area contributed by atoms with E-state index in [-0.39, 0.29) is 30.3 Å². The van der Waals surface area contributed by atoms with Gasteiger partial charge < -0.3 is 20.3 Å². The second-order valence-electron chi connectivity index (χ2n) is 7.68. The highest BCUT2D eigenvalue weighted by molar-refractivity contribution is 6.07. The maximum atomic E-state index is 13.8. The van der Waals surface area contributed by atoms with E-state index in [1.165, 1.54) is 27.7 Å². The minimum absolute atomic E-state index is 0.114. The van der Waals surface area contributed by atoms with Gasteiger partial charge in [-0.1, -0.05) is 0 Å². The molecule has 3 N–H and O–H groups in total. The number of aliphatic hydroxyl groups is 1. The molecule has 0 radical (unpaired) electrons. The Bertz CT molecular complexity index is 1380. The second kappa shape index (κ2) is 8.47. The third-order valence-corrected chi connectivity index (χ3v) is 5.67. The molecule has 4 aromatic heterocycles. The van der Waals surface area contributed by atoms with Gasteiger partial charge in [-0.05, 0) is 25.0 Å². The van der Waals surface area contributed by atoms with Crippen molar-refractivity contribution in [3.63, 3.8) is 0 Å². The number of nitrogens with one attached hydrogen (secondary N) is 2. The molecule has 4 aromatic rings. The van der Waals surface area contributed by atoms with Crippen LogP contribution in [0.3, 0.4) is 0 Å². The average Bonchev–Trinajstić information content (AvgIpc) is 3.55. The van der Waals surface area contributed by atoms with Crippen LogP contribution >= 0.6 is 0 Å². The number of hydrogen-bond donors (Lipinski definition) is 3. The van der Waals surface area contributed by atoms with Crippen LogP contribution in [-0.4, -0.2) is 53.5 Å². The van der Waals surface area contributed by atoms with Crippen LogP contribution in [0.25, 0.3) is 5.65 Å². The Balaban J connectivity index is 1.47. The molecular formula is C21H21FN8O3. The molecule has 1 aliphatic rings. The quantitative estimate of drug-likeness (QED) is 0.402. The standard InChI is InChI=1S/C21H21FN8O3/c22-13-10-14(20(32)23-11-13)16-2-1-6-28(16)17-4-7-30-19(26-17)15(12-25-30)21(33)27-18-3-5-24-29(18)8-9-31/h3-5,7,10-12,16,31H,1-2,6,8-9H2,(H,23,32)(H,27,33). The van der Waals surface area contributed by atoms with Crippen LogP contribution in [-0.2, 0) is 6.54 Å². The first-order valence-corrected chi connectivity index (χ1v) is 10.5. The molecule has 1 atom stereocenters. The lowest BCUT2D eigenvalue weighted by molar-refractivity contribution is 0.102. The molecule has 0 saturated carbocycles. The lowest BCUT2D eigenvalue weighted by Crippen LogP contribution is -2.28. The molecule has 12 heteroatoms. The highest BCUT2D eigenvalue weighted by atomic mass is 19.1. The smallest absolute Gasteiger partial charge is 0.262 e. The molecule has 1 fully saturated rings. The Morgan fingerprint density at radius 3 is 3.06 bits per heavy atom. The number of hydrogen-bond acceptors (Lipinski definition) is 7. The summed E-state index contributed by atoms with van der Waals surface area (Å²) in [5.74, 6) is 0.0759. The Morgan fingerprint density at radius 2 is 2.21 bits per heavy atom. The fourth-order valence-corrected chi connectivity index (χ4v) is 4.16. The van der Waals surface area contributed by atoms with Crippen molar-refractivity contribution in [2.45, 2.75) is 25.4 Å². The van der Waals surface area contributed by atoms with Crippen molar-refractivity contribution in [3.8, 4) is 0 Å². The van der Waals surface area contributed by atoms with E-state index in [0.717, 1.165) is 12.6 Å². The summed E-state index contributed by atoms with van der Waals surface area (Å²) in [4.78, 5) is 34.3. The van der Waals surface area contributed by atoms with Gasteiger partial charge in [0.1, 0.15) is 23.0 Å². The van der Waals surface area contributed by atoms with E-state index in [0.29, 0.717) is 35.8 Å². The lowest BCUT2D eigenvalue weighted by Gasteiger charge is -2.25. The van der Waals surface area contributed by atoms with Gasteiger partial charge in [-0.2, -0.15) is 10.2 Å². The number of anilines is 2. The Labute approximate surface area is 186 Å². The Hall–Kier alpha value is -4.06. The van der Waals surface area contributed by atoms with Crippen LogP contribution in [0, 0.1) is 5.82 Å². The molecular weight excluding hydrogens is 431 g/mol. The van der Waals surface area contributed by atoms with Crippen LogP contribution in [0.1, 0.15) is 34.8 Å². The fourth-order valence-electron chi connectivity index (χ4n) is 4.16. The fraction of sp³-hybridized carbons (Fsp3) is 0.286. The Kier molecular flexibility index (Phi) is 5.34. The van der Waals surface area contributed by atoms with Crippen LogP contribution in [0.2, 0.25) is 0 Å². The minimum atomic E-state index is -0.505. The van der Waals surface area contributed by atoms with Crippen molar-refractivity contribution >= 4 is 23.2 Å². The van der Waals surface area contributed by atoms with Gasteiger partial charge in [0.15, 0.2) is 5.65 Å². The molecule has 11 nitrogen and oxygen atoms in total. The summed E-state index contributed by atoms with van der Waals surface area (Å²) in [6.45, 7) is 0.770. The predicted octanol–water partition coefficient (Wildman–Crippen LogP) is 1.34. The molecule has 5 rings (SSSR count). The zero-order valence-electron chi connectivity index (χ0n) is 17.5. The maximum absolute atomic E-state index is 13.8. The number of aromatic nitrogens is 6. The first-order valence-electron chi connectivity index (χ1n) is 10.5. The van der Waals surface area contributed by atoms with Crippen molar-refractivity contribution in [1.29, 1.82) is 0 Å². The second-order valence-corrected chi connectivity index (χ2v) is 7.68. The zero-order valence-corrected chi connectivity index (χ0v) is 17.5. The third-order valence-electron chi connectivity index (χ3n) is 5.67. The predicted molar refractivity (Wildman–Crippen MR) is 117 cm³/mol. The van der Waals surface area contributed by atoms with Crippen molar-refractivity contribution in [1.82, 2.24) is 29.4 Å². The number of carbonyl (C=O) groups excluding carboxylic acids is 1. The highest BCUT2D eigenvalue weighted by Crippen LogP contribution is 2.34. The summed E-state index contributed by atoms with van der Waals surface area (Å²) >= 11 is 0. The number of aliphatic hydroxyl groups excluding tert-OH is 1. The van der Waals surface area contributed by atoms with E-state index in [4.69, 9.17) is 5.11 Å². The molecule has 0 spiro atoms. The molecule has 1 aliphatic heterocycles. The molecule has 170 valence electrons. The molecule has 1 unspecified atom stereocenters. The number of rotatable bonds is 6. The van der Waals surface area contributed by atoms with Crippen molar-refractivity contribution in [3.05, 3.63) is 70.3 Å². The number of pyridine rings is 1. The van der Waals surface area contributed by atoms with Crippen LogP contribution in [0.5, 0.6) is 0 Å². The molecule has 0 bridgehead atoms. The van der Waals surface area contributed by atoms with Crippen molar-refractivity contribution in [2.75, 3.05) is 23.4 Å². The van der Waals surface area contributed by atoms with Crippen molar-refractivity contribution in [2.24, 2.45) is 0 Å². The average molecular weight is 452 g/mol. The van der Waals surface area contributed by atoms with E-state index >= 15 is 0 Å². The minimum Gasteiger partial charge on any atom is -0.394 e. The van der Waals surface area contributed by atoms with Crippen LogP contribution in [0.15, 0.2) is 47.8 Å². The number of nitrogens with zero attached hydrogens (tertiary/aromatic N) is 6. The number of amides is 1. The summed E-state index contributed by atoms with van der Waals surface area (Å²) in [6, 6.07) is 4.31.